The highest BCUT2D eigenvalue weighted by Gasteiger charge is 2.27. The molecule has 0 radical (unpaired) electrons. The number of aromatic nitrogens is 1. The van der Waals surface area contributed by atoms with Crippen molar-refractivity contribution in [2.45, 2.75) is 31.1 Å². The molecule has 2 aliphatic rings. The molecule has 0 amide bonds. The van der Waals surface area contributed by atoms with Crippen LogP contribution in [0, 0.1) is 0 Å². The van der Waals surface area contributed by atoms with Gasteiger partial charge in [0.05, 0.1) is 31.2 Å². The summed E-state index contributed by atoms with van der Waals surface area (Å²) in [4.78, 5) is 16.0. The van der Waals surface area contributed by atoms with Gasteiger partial charge in [0.15, 0.2) is 0 Å². The summed E-state index contributed by atoms with van der Waals surface area (Å²) in [6, 6.07) is 8.33. The van der Waals surface area contributed by atoms with Crippen LogP contribution in [0.3, 0.4) is 0 Å². The number of nitrogens with one attached hydrogen (secondary N) is 1. The van der Waals surface area contributed by atoms with E-state index in [1.807, 2.05) is 0 Å². The Morgan fingerprint density at radius 2 is 2.20 bits per heavy atom. The van der Waals surface area contributed by atoms with Crippen LogP contribution in [0.15, 0.2) is 36.7 Å². The molecule has 0 spiro atoms. The molecule has 1 aromatic heterocycles. The van der Waals surface area contributed by atoms with Crippen molar-refractivity contribution in [3.63, 3.8) is 0 Å². The number of nitrogens with zero attached hydrogens (tertiary/aromatic N) is 1. The molecule has 1 unspecified atom stereocenters. The summed E-state index contributed by atoms with van der Waals surface area (Å²) < 4.78 is 10.7. The van der Waals surface area contributed by atoms with Crippen LogP contribution >= 0.6 is 0 Å². The Morgan fingerprint density at radius 3 is 3.00 bits per heavy atom. The van der Waals surface area contributed by atoms with Crippen molar-refractivity contribution >= 4 is 11.7 Å². The summed E-state index contributed by atoms with van der Waals surface area (Å²) in [6.07, 6.45) is 6.81. The lowest BCUT2D eigenvalue weighted by Gasteiger charge is -2.27. The van der Waals surface area contributed by atoms with Crippen LogP contribution in [0.1, 0.15) is 52.6 Å². The summed E-state index contributed by atoms with van der Waals surface area (Å²) in [6.45, 7) is 1.46. The van der Waals surface area contributed by atoms with E-state index in [2.05, 4.69) is 28.5 Å². The quantitative estimate of drug-likeness (QED) is 0.842. The summed E-state index contributed by atoms with van der Waals surface area (Å²) in [7, 11) is 1.39. The van der Waals surface area contributed by atoms with Gasteiger partial charge in [-0.15, -0.1) is 0 Å². The van der Waals surface area contributed by atoms with E-state index in [-0.39, 0.29) is 5.97 Å². The smallest absolute Gasteiger partial charge is 0.340 e. The first-order valence-corrected chi connectivity index (χ1v) is 8.79. The van der Waals surface area contributed by atoms with E-state index in [0.717, 1.165) is 31.2 Å². The number of carbonyl (C=O) groups excluding carboxylic acids is 1. The van der Waals surface area contributed by atoms with Crippen LogP contribution < -0.4 is 10.1 Å². The number of fused-ring (bicyclic) bond motifs is 1. The Balaban J connectivity index is 1.51. The predicted molar refractivity (Wildman–Crippen MR) is 95.3 cm³/mol. The second-order valence-corrected chi connectivity index (χ2v) is 6.70. The summed E-state index contributed by atoms with van der Waals surface area (Å²) >= 11 is 0. The molecule has 0 bridgehead atoms. The molecule has 25 heavy (non-hydrogen) atoms. The molecular weight excluding hydrogens is 316 g/mol. The second-order valence-electron chi connectivity index (χ2n) is 6.70. The second kappa shape index (κ2) is 6.75. The third-order valence-corrected chi connectivity index (χ3v) is 5.02. The third kappa shape index (κ3) is 3.31. The maximum absolute atomic E-state index is 11.9. The summed E-state index contributed by atoms with van der Waals surface area (Å²) in [5.74, 6) is 1.74. The molecule has 4 rings (SSSR count). The highest BCUT2D eigenvalue weighted by molar-refractivity contribution is 5.95. The fourth-order valence-corrected chi connectivity index (χ4v) is 3.42. The number of esters is 1. The van der Waals surface area contributed by atoms with Crippen molar-refractivity contribution in [1.82, 2.24) is 4.98 Å². The van der Waals surface area contributed by atoms with E-state index in [4.69, 9.17) is 9.47 Å². The number of carbonyl (C=O) groups is 1. The minimum atomic E-state index is -0.355. The topological polar surface area (TPSA) is 60.5 Å². The fourth-order valence-electron chi connectivity index (χ4n) is 3.42. The zero-order chi connectivity index (χ0) is 17.2. The van der Waals surface area contributed by atoms with Gasteiger partial charge in [0.25, 0.3) is 0 Å². The highest BCUT2D eigenvalue weighted by Crippen LogP contribution is 2.43. The monoisotopic (exact) mass is 338 g/mol. The fraction of sp³-hybridized carbons (Fsp3) is 0.400. The van der Waals surface area contributed by atoms with Crippen LogP contribution in [0.5, 0.6) is 5.75 Å². The lowest BCUT2D eigenvalue weighted by molar-refractivity contribution is 0.0601. The highest BCUT2D eigenvalue weighted by atomic mass is 16.5. The van der Waals surface area contributed by atoms with Crippen LogP contribution in [-0.2, 0) is 4.74 Å². The standard InChI is InChI=1S/C20H22N2O3/c1-24-20(23)17-6-8-21-12-18(17)22-11-15-7-9-25-19-10-14(13-2-3-13)4-5-16(15)19/h4-6,8,10,12-13,15,22H,2-3,7,9,11H2,1H3. The summed E-state index contributed by atoms with van der Waals surface area (Å²) in [5, 5.41) is 3.37. The molecular formula is C20H22N2O3. The molecule has 1 fully saturated rings. The van der Waals surface area contributed by atoms with Crippen LogP contribution in [0.25, 0.3) is 0 Å². The van der Waals surface area contributed by atoms with Gasteiger partial charge < -0.3 is 14.8 Å². The maximum atomic E-state index is 11.9. The first-order chi connectivity index (χ1) is 12.3. The number of benzene rings is 1. The van der Waals surface area contributed by atoms with Gasteiger partial charge in [-0.2, -0.15) is 0 Å². The number of hydrogen-bond acceptors (Lipinski definition) is 5. The minimum absolute atomic E-state index is 0.350. The molecule has 2 aromatic rings. The average molecular weight is 338 g/mol. The van der Waals surface area contributed by atoms with Crippen molar-refractivity contribution in [3.8, 4) is 5.75 Å². The van der Waals surface area contributed by atoms with Crippen molar-refractivity contribution in [3.05, 3.63) is 53.3 Å². The molecule has 1 saturated carbocycles. The van der Waals surface area contributed by atoms with Crippen LogP contribution in [-0.4, -0.2) is 31.2 Å². The SMILES string of the molecule is COC(=O)c1ccncc1NCC1CCOc2cc(C3CC3)ccc21. The van der Waals surface area contributed by atoms with Crippen molar-refractivity contribution in [2.24, 2.45) is 0 Å². The largest absolute Gasteiger partial charge is 0.493 e. The molecule has 5 heteroatoms. The van der Waals surface area contributed by atoms with E-state index < -0.39 is 0 Å². The van der Waals surface area contributed by atoms with Gasteiger partial charge in [-0.3, -0.25) is 4.98 Å². The van der Waals surface area contributed by atoms with Crippen LogP contribution in [0.2, 0.25) is 0 Å². The molecule has 1 N–H and O–H groups in total. The molecule has 1 atom stereocenters. The number of anilines is 1. The van der Waals surface area contributed by atoms with Crippen molar-refractivity contribution in [2.75, 3.05) is 25.6 Å². The van der Waals surface area contributed by atoms with E-state index in [9.17, 15) is 4.79 Å². The number of rotatable bonds is 5. The van der Waals surface area contributed by atoms with Gasteiger partial charge >= 0.3 is 5.97 Å². The Kier molecular flexibility index (Phi) is 4.30. The Morgan fingerprint density at radius 1 is 1.32 bits per heavy atom. The first-order valence-electron chi connectivity index (χ1n) is 8.79. The van der Waals surface area contributed by atoms with E-state index >= 15 is 0 Å². The van der Waals surface area contributed by atoms with Gasteiger partial charge in [-0.25, -0.2) is 4.79 Å². The molecule has 1 aliphatic heterocycles. The van der Waals surface area contributed by atoms with Crippen molar-refractivity contribution in [1.29, 1.82) is 0 Å². The normalized spacial score (nSPS) is 18.8. The zero-order valence-corrected chi connectivity index (χ0v) is 14.3. The van der Waals surface area contributed by atoms with E-state index in [1.54, 1.807) is 18.5 Å². The molecule has 2 heterocycles. The molecule has 0 saturated heterocycles. The maximum Gasteiger partial charge on any atom is 0.340 e. The zero-order valence-electron chi connectivity index (χ0n) is 14.3. The minimum Gasteiger partial charge on any atom is -0.493 e. The Hall–Kier alpha value is -2.56. The van der Waals surface area contributed by atoms with E-state index in [1.165, 1.54) is 31.1 Å². The molecule has 1 aromatic carbocycles. The Bertz CT molecular complexity index is 786. The third-order valence-electron chi connectivity index (χ3n) is 5.02. The number of ether oxygens (including phenoxy) is 2. The molecule has 5 nitrogen and oxygen atoms in total. The molecule has 1 aliphatic carbocycles. The lowest BCUT2D eigenvalue weighted by Crippen LogP contribution is -2.21. The van der Waals surface area contributed by atoms with Gasteiger partial charge in [-0.05, 0) is 48.4 Å². The first kappa shape index (κ1) is 15.9. The van der Waals surface area contributed by atoms with Gasteiger partial charge in [-0.1, -0.05) is 12.1 Å². The van der Waals surface area contributed by atoms with Gasteiger partial charge in [0.1, 0.15) is 5.75 Å². The lowest BCUT2D eigenvalue weighted by atomic mass is 9.91. The predicted octanol–water partition coefficient (Wildman–Crippen LogP) is 3.72. The Labute approximate surface area is 147 Å². The van der Waals surface area contributed by atoms with E-state index in [0.29, 0.717) is 17.2 Å². The number of pyridine rings is 1. The number of methoxy groups -OCH3 is 1. The summed E-state index contributed by atoms with van der Waals surface area (Å²) in [5.41, 5.74) is 3.85. The van der Waals surface area contributed by atoms with Crippen LogP contribution in [0.4, 0.5) is 5.69 Å². The van der Waals surface area contributed by atoms with Gasteiger partial charge in [0.2, 0.25) is 0 Å². The molecule has 130 valence electrons. The number of hydrogen-bond donors (Lipinski definition) is 1. The van der Waals surface area contributed by atoms with Gasteiger partial charge in [0, 0.05) is 18.7 Å². The van der Waals surface area contributed by atoms with Crippen molar-refractivity contribution < 1.29 is 14.3 Å². The average Bonchev–Trinajstić information content (AvgIpc) is 3.50.